The number of hydrogen-bond donors (Lipinski definition) is 2. The number of imide groups is 1. The molecule has 8 heteroatoms. The summed E-state index contributed by atoms with van der Waals surface area (Å²) in [4.78, 5) is 36.3. The maximum absolute atomic E-state index is 12.3. The highest BCUT2D eigenvalue weighted by molar-refractivity contribution is 6.35. The Morgan fingerprint density at radius 3 is 2.59 bits per heavy atom. The van der Waals surface area contributed by atoms with Crippen molar-refractivity contribution in [2.75, 3.05) is 7.05 Å². The maximum atomic E-state index is 12.3. The Morgan fingerprint density at radius 1 is 1.36 bits per heavy atom. The SMILES string of the molecule is C[C@H](c1ccc(Cl)cc1Cl)N(C)C(=O)C[C@@H]1NC(=O)NC1=O. The molecular formula is C14H15Cl2N3O3. The smallest absolute Gasteiger partial charge is 0.322 e. The zero-order valence-electron chi connectivity index (χ0n) is 12.0. The normalized spacial score (nSPS) is 18.6. The van der Waals surface area contributed by atoms with Gasteiger partial charge in [0.1, 0.15) is 6.04 Å². The summed E-state index contributed by atoms with van der Waals surface area (Å²) in [5.41, 5.74) is 0.752. The van der Waals surface area contributed by atoms with Crippen LogP contribution in [0.15, 0.2) is 18.2 Å². The van der Waals surface area contributed by atoms with Gasteiger partial charge in [-0.15, -0.1) is 0 Å². The molecule has 1 heterocycles. The maximum Gasteiger partial charge on any atom is 0.322 e. The second-order valence-electron chi connectivity index (χ2n) is 5.07. The number of rotatable bonds is 4. The van der Waals surface area contributed by atoms with E-state index in [0.29, 0.717) is 10.0 Å². The van der Waals surface area contributed by atoms with Gasteiger partial charge in [0.15, 0.2) is 0 Å². The summed E-state index contributed by atoms with van der Waals surface area (Å²) in [7, 11) is 1.62. The number of carbonyl (C=O) groups is 3. The van der Waals surface area contributed by atoms with E-state index in [1.54, 1.807) is 25.2 Å². The first-order valence-corrected chi connectivity index (χ1v) is 7.37. The Balaban J connectivity index is 2.06. The molecule has 118 valence electrons. The summed E-state index contributed by atoms with van der Waals surface area (Å²) >= 11 is 12.0. The summed E-state index contributed by atoms with van der Waals surface area (Å²) in [6.07, 6.45) is -0.108. The van der Waals surface area contributed by atoms with Crippen molar-refractivity contribution in [2.24, 2.45) is 0 Å². The number of nitrogens with one attached hydrogen (secondary N) is 2. The van der Waals surface area contributed by atoms with Gasteiger partial charge in [-0.3, -0.25) is 14.9 Å². The van der Waals surface area contributed by atoms with Gasteiger partial charge in [-0.2, -0.15) is 0 Å². The van der Waals surface area contributed by atoms with Crippen LogP contribution in [-0.2, 0) is 9.59 Å². The topological polar surface area (TPSA) is 78.5 Å². The van der Waals surface area contributed by atoms with Crippen LogP contribution >= 0.6 is 23.2 Å². The predicted molar refractivity (Wildman–Crippen MR) is 82.7 cm³/mol. The molecule has 2 atom stereocenters. The van der Waals surface area contributed by atoms with Gasteiger partial charge in [-0.25, -0.2) is 4.79 Å². The fourth-order valence-electron chi connectivity index (χ4n) is 2.19. The zero-order valence-corrected chi connectivity index (χ0v) is 13.5. The Bertz CT molecular complexity index is 636. The minimum Gasteiger partial charge on any atom is -0.339 e. The fourth-order valence-corrected chi connectivity index (χ4v) is 2.75. The molecule has 22 heavy (non-hydrogen) atoms. The largest absolute Gasteiger partial charge is 0.339 e. The molecule has 0 bridgehead atoms. The number of hydrogen-bond acceptors (Lipinski definition) is 3. The molecule has 1 aliphatic heterocycles. The first-order valence-electron chi connectivity index (χ1n) is 6.61. The molecule has 0 radical (unpaired) electrons. The van der Waals surface area contributed by atoms with E-state index >= 15 is 0 Å². The Kier molecular flexibility index (Phi) is 4.93. The van der Waals surface area contributed by atoms with Gasteiger partial charge in [0.25, 0.3) is 5.91 Å². The average Bonchev–Trinajstić information content (AvgIpc) is 2.75. The van der Waals surface area contributed by atoms with E-state index in [1.807, 2.05) is 6.92 Å². The van der Waals surface area contributed by atoms with E-state index in [1.165, 1.54) is 4.90 Å². The molecule has 0 saturated carbocycles. The number of amides is 4. The lowest BCUT2D eigenvalue weighted by Crippen LogP contribution is -2.38. The molecule has 1 aliphatic rings. The van der Waals surface area contributed by atoms with Crippen LogP contribution < -0.4 is 10.6 Å². The average molecular weight is 344 g/mol. The quantitative estimate of drug-likeness (QED) is 0.821. The van der Waals surface area contributed by atoms with Crippen molar-refractivity contribution in [3.63, 3.8) is 0 Å². The van der Waals surface area contributed by atoms with E-state index in [4.69, 9.17) is 23.2 Å². The molecule has 2 rings (SSSR count). The lowest BCUT2D eigenvalue weighted by molar-refractivity contribution is -0.134. The van der Waals surface area contributed by atoms with Crippen molar-refractivity contribution < 1.29 is 14.4 Å². The molecule has 4 amide bonds. The third-order valence-electron chi connectivity index (χ3n) is 3.62. The Hall–Kier alpha value is -1.79. The first-order chi connectivity index (χ1) is 10.3. The van der Waals surface area contributed by atoms with Crippen LogP contribution in [0.4, 0.5) is 4.79 Å². The highest BCUT2D eigenvalue weighted by atomic mass is 35.5. The first kappa shape index (κ1) is 16.6. The molecule has 0 aromatic heterocycles. The summed E-state index contributed by atoms with van der Waals surface area (Å²) in [6.45, 7) is 1.82. The summed E-state index contributed by atoms with van der Waals surface area (Å²) in [5, 5.41) is 5.47. The van der Waals surface area contributed by atoms with Crippen molar-refractivity contribution in [2.45, 2.75) is 25.4 Å². The van der Waals surface area contributed by atoms with Crippen LogP contribution in [0.3, 0.4) is 0 Å². The summed E-state index contributed by atoms with van der Waals surface area (Å²) in [6, 6.07) is 3.34. The van der Waals surface area contributed by atoms with E-state index in [0.717, 1.165) is 5.56 Å². The minimum atomic E-state index is -0.838. The molecule has 1 saturated heterocycles. The standard InChI is InChI=1S/C14H15Cl2N3O3/c1-7(9-4-3-8(15)5-10(9)16)19(2)12(20)6-11-13(21)18-14(22)17-11/h3-5,7,11H,6H2,1-2H3,(H2,17,18,21,22)/t7-,11+/m1/s1. The molecule has 6 nitrogen and oxygen atoms in total. The molecule has 0 aliphatic carbocycles. The molecule has 1 fully saturated rings. The van der Waals surface area contributed by atoms with Crippen molar-refractivity contribution in [1.29, 1.82) is 0 Å². The van der Waals surface area contributed by atoms with Gasteiger partial charge < -0.3 is 10.2 Å². The number of nitrogens with zero attached hydrogens (tertiary/aromatic N) is 1. The van der Waals surface area contributed by atoms with Gasteiger partial charge in [0, 0.05) is 17.1 Å². The predicted octanol–water partition coefficient (Wildman–Crippen LogP) is 2.11. The molecule has 1 aromatic carbocycles. The Morgan fingerprint density at radius 2 is 2.05 bits per heavy atom. The molecule has 0 unspecified atom stereocenters. The zero-order chi connectivity index (χ0) is 16.4. The Labute approximate surface area is 137 Å². The highest BCUT2D eigenvalue weighted by Gasteiger charge is 2.33. The second kappa shape index (κ2) is 6.54. The number of halogens is 2. The number of carbonyl (C=O) groups excluding carboxylic acids is 3. The van der Waals surface area contributed by atoms with Gasteiger partial charge in [-0.05, 0) is 24.6 Å². The monoisotopic (exact) mass is 343 g/mol. The van der Waals surface area contributed by atoms with Crippen LogP contribution in [0.1, 0.15) is 24.9 Å². The second-order valence-corrected chi connectivity index (χ2v) is 5.91. The van der Waals surface area contributed by atoms with Crippen molar-refractivity contribution in [3.8, 4) is 0 Å². The van der Waals surface area contributed by atoms with Crippen molar-refractivity contribution >= 4 is 41.0 Å². The fraction of sp³-hybridized carbons (Fsp3) is 0.357. The minimum absolute atomic E-state index is 0.108. The molecule has 1 aromatic rings. The van der Waals surface area contributed by atoms with Crippen molar-refractivity contribution in [1.82, 2.24) is 15.5 Å². The van der Waals surface area contributed by atoms with Crippen LogP contribution in [0, 0.1) is 0 Å². The number of urea groups is 1. The third kappa shape index (κ3) is 3.51. The van der Waals surface area contributed by atoms with E-state index < -0.39 is 18.0 Å². The molecular weight excluding hydrogens is 329 g/mol. The van der Waals surface area contributed by atoms with E-state index in [-0.39, 0.29) is 18.4 Å². The van der Waals surface area contributed by atoms with E-state index in [9.17, 15) is 14.4 Å². The van der Waals surface area contributed by atoms with Gasteiger partial charge >= 0.3 is 6.03 Å². The third-order valence-corrected chi connectivity index (χ3v) is 4.19. The molecule has 0 spiro atoms. The van der Waals surface area contributed by atoms with Gasteiger partial charge in [0.2, 0.25) is 5.91 Å². The van der Waals surface area contributed by atoms with Crippen LogP contribution in [0.25, 0.3) is 0 Å². The van der Waals surface area contributed by atoms with Gasteiger partial charge in [-0.1, -0.05) is 29.3 Å². The lowest BCUT2D eigenvalue weighted by Gasteiger charge is -2.27. The molecule has 2 N–H and O–H groups in total. The van der Waals surface area contributed by atoms with Crippen LogP contribution in [-0.4, -0.2) is 35.8 Å². The summed E-state index contributed by atoms with van der Waals surface area (Å²) in [5.74, 6) is -0.773. The summed E-state index contributed by atoms with van der Waals surface area (Å²) < 4.78 is 0. The number of benzene rings is 1. The van der Waals surface area contributed by atoms with Crippen LogP contribution in [0.5, 0.6) is 0 Å². The lowest BCUT2D eigenvalue weighted by atomic mass is 10.1. The van der Waals surface area contributed by atoms with Gasteiger partial charge in [0.05, 0.1) is 12.5 Å². The van der Waals surface area contributed by atoms with Crippen molar-refractivity contribution in [3.05, 3.63) is 33.8 Å². The van der Waals surface area contributed by atoms with Crippen LogP contribution in [0.2, 0.25) is 10.0 Å². The van der Waals surface area contributed by atoms with E-state index in [2.05, 4.69) is 10.6 Å². The highest BCUT2D eigenvalue weighted by Crippen LogP contribution is 2.29.